The molecule has 2 N–H and O–H groups in total. The van der Waals surface area contributed by atoms with Gasteiger partial charge >= 0.3 is 11.4 Å². The monoisotopic (exact) mass is 305 g/mol. The summed E-state index contributed by atoms with van der Waals surface area (Å²) < 4.78 is 4.75. The topological polar surface area (TPSA) is 128 Å². The van der Waals surface area contributed by atoms with Crippen molar-refractivity contribution in [2.24, 2.45) is 0 Å². The van der Waals surface area contributed by atoms with Gasteiger partial charge in [-0.2, -0.15) is 0 Å². The van der Waals surface area contributed by atoms with Crippen LogP contribution in [-0.2, 0) is 0 Å². The van der Waals surface area contributed by atoms with Gasteiger partial charge in [0.2, 0.25) is 5.75 Å². The number of rotatable bonds is 7. The molecule has 0 aromatic heterocycles. The van der Waals surface area contributed by atoms with Gasteiger partial charge < -0.3 is 15.2 Å². The summed E-state index contributed by atoms with van der Waals surface area (Å²) >= 11 is 5.40. The largest absolute Gasteiger partial charge is 0.490 e. The van der Waals surface area contributed by atoms with Gasteiger partial charge in [-0.3, -0.25) is 20.2 Å². The number of nitro groups is 2. The first-order chi connectivity index (χ1) is 9.42. The van der Waals surface area contributed by atoms with Crippen molar-refractivity contribution < 1.29 is 19.7 Å². The Morgan fingerprint density at radius 3 is 2.40 bits per heavy atom. The number of methoxy groups -OCH3 is 1. The van der Waals surface area contributed by atoms with Crippen molar-refractivity contribution in [1.82, 2.24) is 0 Å². The molecule has 10 heteroatoms. The molecule has 0 spiro atoms. The Bertz CT molecular complexity index is 524. The second-order valence-electron chi connectivity index (χ2n) is 3.72. The van der Waals surface area contributed by atoms with Crippen LogP contribution in [0.1, 0.15) is 0 Å². The third-order valence-electron chi connectivity index (χ3n) is 2.41. The third kappa shape index (κ3) is 3.45. The van der Waals surface area contributed by atoms with Gasteiger partial charge in [0.25, 0.3) is 0 Å². The van der Waals surface area contributed by atoms with Gasteiger partial charge in [-0.05, 0) is 12.1 Å². The molecule has 1 aromatic rings. The first kappa shape index (κ1) is 15.9. The summed E-state index contributed by atoms with van der Waals surface area (Å²) in [5, 5.41) is 33.9. The molecule has 0 saturated carbocycles. The van der Waals surface area contributed by atoms with E-state index in [1.165, 1.54) is 19.2 Å². The van der Waals surface area contributed by atoms with Crippen LogP contribution in [0.15, 0.2) is 12.1 Å². The van der Waals surface area contributed by atoms with Crippen molar-refractivity contribution in [2.45, 2.75) is 6.10 Å². The predicted octanol–water partition coefficient (Wildman–Crippen LogP) is 1.52. The van der Waals surface area contributed by atoms with Crippen LogP contribution < -0.4 is 10.1 Å². The highest BCUT2D eigenvalue weighted by Gasteiger charge is 2.33. The van der Waals surface area contributed by atoms with E-state index in [1.807, 2.05) is 0 Å². The number of nitrogens with zero attached hydrogens (tertiary/aromatic N) is 2. The SMILES string of the molecule is COc1ccc(NCC(O)CCl)c([N+](=O)[O-])c1[N+](=O)[O-]. The molecular weight excluding hydrogens is 294 g/mol. The Labute approximate surface area is 118 Å². The average molecular weight is 306 g/mol. The molecule has 0 aliphatic rings. The minimum absolute atomic E-state index is 0.0704. The molecule has 0 aliphatic carbocycles. The molecule has 9 nitrogen and oxygen atoms in total. The maximum absolute atomic E-state index is 11.0. The lowest BCUT2D eigenvalue weighted by atomic mass is 10.2. The van der Waals surface area contributed by atoms with Crippen LogP contribution in [0.3, 0.4) is 0 Å². The fourth-order valence-corrected chi connectivity index (χ4v) is 1.62. The fraction of sp³-hybridized carbons (Fsp3) is 0.400. The van der Waals surface area contributed by atoms with Crippen LogP contribution in [0, 0.1) is 20.2 Å². The molecule has 1 aromatic carbocycles. The molecule has 0 aliphatic heterocycles. The Hall–Kier alpha value is -2.13. The zero-order valence-corrected chi connectivity index (χ0v) is 11.2. The maximum Gasteiger partial charge on any atom is 0.389 e. The number of hydrogen-bond acceptors (Lipinski definition) is 7. The van der Waals surface area contributed by atoms with Crippen molar-refractivity contribution in [2.75, 3.05) is 24.9 Å². The molecule has 0 fully saturated rings. The number of nitro benzene ring substituents is 2. The standard InChI is InChI=1S/C10H12ClN3O6/c1-20-8-3-2-7(12-5-6(15)4-11)9(13(16)17)10(8)14(18)19/h2-3,6,12,15H,4-5H2,1H3. The Kier molecular flexibility index (Phi) is 5.47. The van der Waals surface area contributed by atoms with Crippen molar-refractivity contribution >= 4 is 28.7 Å². The van der Waals surface area contributed by atoms with E-state index >= 15 is 0 Å². The van der Waals surface area contributed by atoms with E-state index < -0.39 is 27.3 Å². The quantitative estimate of drug-likeness (QED) is 0.444. The van der Waals surface area contributed by atoms with Crippen LogP contribution in [0.4, 0.5) is 17.1 Å². The number of ether oxygens (including phenoxy) is 1. The lowest BCUT2D eigenvalue weighted by molar-refractivity contribution is -0.422. The van der Waals surface area contributed by atoms with Crippen LogP contribution in [-0.4, -0.2) is 40.6 Å². The van der Waals surface area contributed by atoms with Gasteiger partial charge in [0, 0.05) is 6.54 Å². The number of hydrogen-bond donors (Lipinski definition) is 2. The summed E-state index contributed by atoms with van der Waals surface area (Å²) in [5.41, 5.74) is -1.56. The van der Waals surface area contributed by atoms with Gasteiger partial charge in [0.1, 0.15) is 5.69 Å². The van der Waals surface area contributed by atoms with Gasteiger partial charge in [-0.1, -0.05) is 0 Å². The molecule has 0 saturated heterocycles. The highest BCUT2D eigenvalue weighted by Crippen LogP contribution is 2.41. The van der Waals surface area contributed by atoms with Crippen LogP contribution in [0.5, 0.6) is 5.75 Å². The lowest BCUT2D eigenvalue weighted by Gasteiger charge is -2.11. The van der Waals surface area contributed by atoms with Crippen molar-refractivity contribution in [1.29, 1.82) is 0 Å². The zero-order chi connectivity index (χ0) is 15.3. The summed E-state index contributed by atoms with van der Waals surface area (Å²) in [6.45, 7) is -0.0756. The summed E-state index contributed by atoms with van der Waals surface area (Å²) in [5.74, 6) is -0.288. The fourth-order valence-electron chi connectivity index (χ4n) is 1.51. The number of anilines is 1. The van der Waals surface area contributed by atoms with E-state index in [0.29, 0.717) is 0 Å². The first-order valence-electron chi connectivity index (χ1n) is 5.40. The lowest BCUT2D eigenvalue weighted by Crippen LogP contribution is -2.21. The van der Waals surface area contributed by atoms with Gasteiger partial charge in [-0.15, -0.1) is 11.6 Å². The highest BCUT2D eigenvalue weighted by atomic mass is 35.5. The second-order valence-corrected chi connectivity index (χ2v) is 4.02. The number of nitrogens with one attached hydrogen (secondary N) is 1. The Morgan fingerprint density at radius 1 is 1.35 bits per heavy atom. The minimum atomic E-state index is -0.933. The Balaban J connectivity index is 3.28. The van der Waals surface area contributed by atoms with E-state index in [9.17, 15) is 25.3 Å². The number of alkyl halides is 1. The summed E-state index contributed by atoms with van der Waals surface area (Å²) in [4.78, 5) is 20.3. The molecule has 0 bridgehead atoms. The zero-order valence-electron chi connectivity index (χ0n) is 10.4. The molecule has 20 heavy (non-hydrogen) atoms. The number of aliphatic hydroxyl groups is 1. The third-order valence-corrected chi connectivity index (χ3v) is 2.76. The summed E-state index contributed by atoms with van der Waals surface area (Å²) in [7, 11) is 1.18. The second kappa shape index (κ2) is 6.87. The number of aliphatic hydroxyl groups excluding tert-OH is 1. The van der Waals surface area contributed by atoms with Gasteiger partial charge in [0.15, 0.2) is 0 Å². The van der Waals surface area contributed by atoms with Crippen molar-refractivity contribution in [3.8, 4) is 5.75 Å². The van der Waals surface area contributed by atoms with E-state index in [-0.39, 0.29) is 23.9 Å². The van der Waals surface area contributed by atoms with Gasteiger partial charge in [0.05, 0.1) is 28.9 Å². The smallest absolute Gasteiger partial charge is 0.389 e. The molecular formula is C10H12ClN3O6. The number of halogens is 1. The predicted molar refractivity (Wildman–Crippen MR) is 71.5 cm³/mol. The van der Waals surface area contributed by atoms with Crippen molar-refractivity contribution in [3.63, 3.8) is 0 Å². The van der Waals surface area contributed by atoms with E-state index in [2.05, 4.69) is 5.32 Å². The Morgan fingerprint density at radius 2 is 1.95 bits per heavy atom. The summed E-state index contributed by atoms with van der Waals surface area (Å²) in [6, 6.07) is 2.51. The normalized spacial score (nSPS) is 11.8. The summed E-state index contributed by atoms with van der Waals surface area (Å²) in [6.07, 6.45) is -0.933. The maximum atomic E-state index is 11.0. The molecule has 1 unspecified atom stereocenters. The average Bonchev–Trinajstić information content (AvgIpc) is 2.42. The van der Waals surface area contributed by atoms with Gasteiger partial charge in [-0.25, -0.2) is 0 Å². The van der Waals surface area contributed by atoms with Crippen molar-refractivity contribution in [3.05, 3.63) is 32.4 Å². The van der Waals surface area contributed by atoms with E-state index in [1.54, 1.807) is 0 Å². The molecule has 0 radical (unpaired) electrons. The van der Waals surface area contributed by atoms with E-state index in [4.69, 9.17) is 16.3 Å². The molecule has 0 amide bonds. The van der Waals surface area contributed by atoms with Crippen LogP contribution in [0.25, 0.3) is 0 Å². The van der Waals surface area contributed by atoms with Crippen LogP contribution >= 0.6 is 11.6 Å². The molecule has 110 valence electrons. The van der Waals surface area contributed by atoms with Crippen LogP contribution in [0.2, 0.25) is 0 Å². The molecule has 1 atom stereocenters. The first-order valence-corrected chi connectivity index (χ1v) is 5.93. The van der Waals surface area contributed by atoms with E-state index in [0.717, 1.165) is 0 Å². The molecule has 0 heterocycles. The molecule has 1 rings (SSSR count). The highest BCUT2D eigenvalue weighted by molar-refractivity contribution is 6.18. The number of benzene rings is 1. The minimum Gasteiger partial charge on any atom is -0.490 e.